The monoisotopic (exact) mass is 658 g/mol. The lowest BCUT2D eigenvalue weighted by molar-refractivity contribution is -0.262. The number of carbonyl (C=O) groups excluding carboxylic acids is 5. The van der Waals surface area contributed by atoms with E-state index in [1.54, 1.807) is 6.92 Å². The summed E-state index contributed by atoms with van der Waals surface area (Å²) in [6, 6.07) is 0. The maximum absolute atomic E-state index is 13.3. The van der Waals surface area contributed by atoms with Gasteiger partial charge in [0.1, 0.15) is 30.0 Å². The third kappa shape index (κ3) is 6.08. The number of alkyl halides is 1. The van der Waals surface area contributed by atoms with Gasteiger partial charge in [-0.05, 0) is 18.4 Å². The van der Waals surface area contributed by atoms with Gasteiger partial charge >= 0.3 is 29.8 Å². The molecule has 2 aliphatic carbocycles. The van der Waals surface area contributed by atoms with Gasteiger partial charge in [0.2, 0.25) is 0 Å². The van der Waals surface area contributed by atoms with Gasteiger partial charge in [0.25, 0.3) is 0 Å². The summed E-state index contributed by atoms with van der Waals surface area (Å²) < 4.78 is 35.3. The van der Waals surface area contributed by atoms with Crippen molar-refractivity contribution in [2.24, 2.45) is 23.2 Å². The summed E-state index contributed by atoms with van der Waals surface area (Å²) in [6.45, 7) is 13.9. The fraction of sp³-hybridized carbons (Fsp3) is 0.774. The first-order chi connectivity index (χ1) is 20.8. The van der Waals surface area contributed by atoms with Gasteiger partial charge in [-0.2, -0.15) is 0 Å². The molecule has 4 fully saturated rings. The Morgan fingerprint density at radius 3 is 2.04 bits per heavy atom. The molecule has 2 heterocycles. The van der Waals surface area contributed by atoms with Gasteiger partial charge in [-0.1, -0.05) is 27.4 Å². The van der Waals surface area contributed by atoms with Crippen LogP contribution in [0.1, 0.15) is 67.7 Å². The summed E-state index contributed by atoms with van der Waals surface area (Å²) in [4.78, 5) is 64.3. The van der Waals surface area contributed by atoms with Crippen molar-refractivity contribution in [2.75, 3.05) is 6.61 Å². The minimum Gasteiger partial charge on any atom is -0.462 e. The number of aliphatic hydroxyl groups excluding tert-OH is 1. The molecule has 0 aromatic rings. The zero-order valence-corrected chi connectivity index (χ0v) is 27.3. The minimum absolute atomic E-state index is 0.0154. The average molecular weight is 659 g/mol. The zero-order chi connectivity index (χ0) is 33.8. The summed E-state index contributed by atoms with van der Waals surface area (Å²) in [6.07, 6.45) is -8.75. The quantitative estimate of drug-likeness (QED) is 0.138. The van der Waals surface area contributed by atoms with Crippen molar-refractivity contribution in [1.29, 1.82) is 0 Å². The highest BCUT2D eigenvalue weighted by molar-refractivity contribution is 6.23. The van der Waals surface area contributed by atoms with Crippen LogP contribution in [0, 0.1) is 23.2 Å². The minimum atomic E-state index is -2.38. The molecule has 14 heteroatoms. The summed E-state index contributed by atoms with van der Waals surface area (Å²) in [7, 11) is 0. The molecule has 2 N–H and O–H groups in total. The second-order valence-corrected chi connectivity index (χ2v) is 13.8. The van der Waals surface area contributed by atoms with Crippen LogP contribution >= 0.6 is 11.6 Å². The maximum atomic E-state index is 13.3. The number of halogens is 1. The molecular formula is C31H43ClO13. The Balaban J connectivity index is 2.07. The van der Waals surface area contributed by atoms with Crippen LogP contribution in [0.15, 0.2) is 12.2 Å². The van der Waals surface area contributed by atoms with Crippen molar-refractivity contribution in [3.63, 3.8) is 0 Å². The van der Waals surface area contributed by atoms with Gasteiger partial charge in [-0.25, -0.2) is 0 Å². The lowest BCUT2D eigenvalue weighted by Crippen LogP contribution is -2.73. The lowest BCUT2D eigenvalue weighted by Gasteiger charge is -2.58. The smallest absolute Gasteiger partial charge is 0.312 e. The molecule has 0 aromatic heterocycles. The van der Waals surface area contributed by atoms with E-state index < -0.39 is 100 Å². The largest absolute Gasteiger partial charge is 0.462 e. The van der Waals surface area contributed by atoms with Gasteiger partial charge in [-0.3, -0.25) is 24.0 Å². The Labute approximate surface area is 266 Å². The van der Waals surface area contributed by atoms with Crippen LogP contribution in [-0.2, 0) is 52.4 Å². The molecule has 2 saturated heterocycles. The molecule has 45 heavy (non-hydrogen) atoms. The number of hydrogen-bond donors (Lipinski definition) is 2. The van der Waals surface area contributed by atoms with E-state index in [1.165, 1.54) is 13.8 Å². The molecule has 0 radical (unpaired) electrons. The van der Waals surface area contributed by atoms with Gasteiger partial charge in [-0.15, -0.1) is 11.6 Å². The molecule has 0 unspecified atom stereocenters. The van der Waals surface area contributed by atoms with Crippen LogP contribution < -0.4 is 0 Å². The fourth-order valence-electron chi connectivity index (χ4n) is 7.51. The molecule has 2 saturated carbocycles. The Morgan fingerprint density at radius 1 is 1.00 bits per heavy atom. The summed E-state index contributed by atoms with van der Waals surface area (Å²) >= 11 is 6.77. The van der Waals surface area contributed by atoms with E-state index >= 15 is 0 Å². The van der Waals surface area contributed by atoms with Crippen LogP contribution in [0.4, 0.5) is 0 Å². The topological polar surface area (TPSA) is 184 Å². The standard InChI is InChI=1S/C31H43ClO13/c1-13(2)9-23(37)44-21-11-22(42-17(6)34)30(12-40-30)25-27(43-18(7)35)31(39)15(4)28(38)45-26(31)24(32)14(3)19(36)10-20(29(21,25)8)41-16(5)33/h13,15,19-22,24-27,36,39H,3,9-12H2,1-2,4-8H3/t15-,19+,20-,21-,22+,24-,25+,26-,27-,29-,30+,31-/m0/s1. The Kier molecular flexibility index (Phi) is 9.72. The van der Waals surface area contributed by atoms with Crippen LogP contribution in [0.3, 0.4) is 0 Å². The Morgan fingerprint density at radius 2 is 1.53 bits per heavy atom. The highest BCUT2D eigenvalue weighted by atomic mass is 35.5. The van der Waals surface area contributed by atoms with E-state index in [0.29, 0.717) is 0 Å². The molecule has 0 bridgehead atoms. The number of epoxide rings is 1. The van der Waals surface area contributed by atoms with Crippen LogP contribution in [0.5, 0.6) is 0 Å². The molecule has 2 aliphatic heterocycles. The van der Waals surface area contributed by atoms with E-state index in [2.05, 4.69) is 6.58 Å². The van der Waals surface area contributed by atoms with E-state index in [0.717, 1.165) is 13.8 Å². The molecule has 4 aliphatic rings. The van der Waals surface area contributed by atoms with Crippen molar-refractivity contribution in [3.8, 4) is 0 Å². The molecule has 0 amide bonds. The number of ether oxygens (including phenoxy) is 6. The number of fused-ring (bicyclic) bond motifs is 3. The fourth-order valence-corrected chi connectivity index (χ4v) is 7.90. The SMILES string of the molecule is C=C1[C@H](O)C[C@H](OC(C)=O)[C@@]2(C)[C@@H](OC(=O)CC(C)C)C[C@@H](OC(C)=O)[C@]3(CO3)[C@@H]2[C@H](OC(C)=O)[C@]2(O)[C@@H](C)C(=O)O[C@H]2[C@H]1Cl. The first-order valence-electron chi connectivity index (χ1n) is 15.1. The maximum Gasteiger partial charge on any atom is 0.312 e. The van der Waals surface area contributed by atoms with Crippen molar-refractivity contribution in [2.45, 2.75) is 121 Å². The lowest BCUT2D eigenvalue weighted by atomic mass is 9.51. The highest BCUT2D eigenvalue weighted by Gasteiger charge is 2.79. The van der Waals surface area contributed by atoms with Crippen molar-refractivity contribution in [3.05, 3.63) is 12.2 Å². The Hall–Kier alpha value is -2.74. The number of esters is 5. The number of aliphatic hydroxyl groups is 2. The van der Waals surface area contributed by atoms with Gasteiger partial charge in [0, 0.05) is 46.0 Å². The van der Waals surface area contributed by atoms with Crippen LogP contribution in [-0.4, -0.2) is 99.9 Å². The molecule has 1 spiro atoms. The molecular weight excluding hydrogens is 616 g/mol. The molecule has 252 valence electrons. The predicted octanol–water partition coefficient (Wildman–Crippen LogP) is 1.76. The first kappa shape index (κ1) is 35.1. The third-order valence-electron chi connectivity index (χ3n) is 9.78. The van der Waals surface area contributed by atoms with Crippen LogP contribution in [0.25, 0.3) is 0 Å². The summed E-state index contributed by atoms with van der Waals surface area (Å²) in [5.41, 5.74) is -5.53. The van der Waals surface area contributed by atoms with Gasteiger partial charge < -0.3 is 38.6 Å². The average Bonchev–Trinajstić information content (AvgIpc) is 3.66. The van der Waals surface area contributed by atoms with Crippen LogP contribution in [0.2, 0.25) is 0 Å². The highest BCUT2D eigenvalue weighted by Crippen LogP contribution is 2.63. The normalized spacial score (nSPS) is 42.6. The number of carbonyl (C=O) groups is 5. The number of hydrogen-bond acceptors (Lipinski definition) is 13. The molecule has 4 rings (SSSR count). The van der Waals surface area contributed by atoms with Crippen molar-refractivity contribution in [1.82, 2.24) is 0 Å². The van der Waals surface area contributed by atoms with Gasteiger partial charge in [0.15, 0.2) is 11.7 Å². The predicted molar refractivity (Wildman–Crippen MR) is 154 cm³/mol. The summed E-state index contributed by atoms with van der Waals surface area (Å²) in [5.74, 6) is -6.48. The summed E-state index contributed by atoms with van der Waals surface area (Å²) in [5, 5.41) is 22.7. The van der Waals surface area contributed by atoms with Crippen molar-refractivity contribution >= 4 is 41.4 Å². The second kappa shape index (κ2) is 12.5. The van der Waals surface area contributed by atoms with E-state index in [1.807, 2.05) is 13.8 Å². The van der Waals surface area contributed by atoms with E-state index in [9.17, 15) is 34.2 Å². The molecule has 0 aromatic carbocycles. The zero-order valence-electron chi connectivity index (χ0n) is 26.6. The van der Waals surface area contributed by atoms with Gasteiger partial charge in [0.05, 0.1) is 29.4 Å². The first-order valence-corrected chi connectivity index (χ1v) is 15.5. The molecule has 13 nitrogen and oxygen atoms in total. The third-order valence-corrected chi connectivity index (χ3v) is 10.3. The Bertz CT molecular complexity index is 1250. The van der Waals surface area contributed by atoms with Crippen molar-refractivity contribution < 1.29 is 62.6 Å². The second-order valence-electron chi connectivity index (χ2n) is 13.3. The van der Waals surface area contributed by atoms with E-state index in [4.69, 9.17) is 40.0 Å². The van der Waals surface area contributed by atoms with E-state index in [-0.39, 0.29) is 37.4 Å². The molecule has 12 atom stereocenters. The number of rotatable bonds is 6.